The predicted octanol–water partition coefficient (Wildman–Crippen LogP) is 2.09. The molecule has 0 heterocycles. The number of benzene rings is 1. The molecular formula is C12H15BrFN3O2. The zero-order chi connectivity index (χ0) is 14.6. The smallest absolute Gasteiger partial charge is 0.255 e. The number of amides is 1. The molecule has 0 unspecified atom stereocenters. The topological polar surface area (TPSA) is 87.7 Å². The van der Waals surface area contributed by atoms with E-state index in [1.807, 2.05) is 0 Å². The highest BCUT2D eigenvalue weighted by Gasteiger charge is 2.25. The first-order valence-corrected chi connectivity index (χ1v) is 6.29. The Bertz CT molecular complexity index is 497. The molecule has 1 amide bonds. The molecule has 1 aromatic rings. The molecule has 7 heteroatoms. The molecule has 0 atom stereocenters. The lowest BCUT2D eigenvalue weighted by Gasteiger charge is -2.23. The van der Waals surface area contributed by atoms with Crippen LogP contribution in [0.4, 0.5) is 4.39 Å². The van der Waals surface area contributed by atoms with Crippen molar-refractivity contribution in [3.63, 3.8) is 0 Å². The first-order valence-electron chi connectivity index (χ1n) is 5.50. The van der Waals surface area contributed by atoms with Gasteiger partial charge in [0, 0.05) is 16.4 Å². The van der Waals surface area contributed by atoms with E-state index in [-0.39, 0.29) is 17.9 Å². The fourth-order valence-electron chi connectivity index (χ4n) is 1.33. The Kier molecular flexibility index (Phi) is 4.88. The highest BCUT2D eigenvalue weighted by molar-refractivity contribution is 9.10. The Hall–Kier alpha value is -1.63. The number of carbonyl (C=O) groups excluding carboxylic acids is 1. The lowest BCUT2D eigenvalue weighted by atomic mass is 9.92. The molecular weight excluding hydrogens is 317 g/mol. The van der Waals surface area contributed by atoms with Crippen LogP contribution < -0.4 is 11.1 Å². The Morgan fingerprint density at radius 1 is 1.58 bits per heavy atom. The minimum atomic E-state index is -0.734. The van der Waals surface area contributed by atoms with E-state index in [0.29, 0.717) is 4.47 Å². The van der Waals surface area contributed by atoms with Crippen molar-refractivity contribution in [1.29, 1.82) is 0 Å². The molecule has 4 N–H and O–H groups in total. The molecule has 1 aromatic carbocycles. The lowest BCUT2D eigenvalue weighted by Crippen LogP contribution is -2.42. The van der Waals surface area contributed by atoms with Crippen molar-refractivity contribution in [1.82, 2.24) is 5.32 Å². The van der Waals surface area contributed by atoms with Gasteiger partial charge >= 0.3 is 0 Å². The number of oxime groups is 1. The van der Waals surface area contributed by atoms with E-state index in [1.54, 1.807) is 19.9 Å². The van der Waals surface area contributed by atoms with Crippen molar-refractivity contribution in [2.24, 2.45) is 16.3 Å². The van der Waals surface area contributed by atoms with E-state index in [2.05, 4.69) is 26.4 Å². The van der Waals surface area contributed by atoms with Gasteiger partial charge in [0.25, 0.3) is 5.91 Å². The van der Waals surface area contributed by atoms with Crippen LogP contribution in [0.2, 0.25) is 0 Å². The molecule has 0 radical (unpaired) electrons. The number of rotatable bonds is 4. The van der Waals surface area contributed by atoms with E-state index in [0.717, 1.165) is 0 Å². The van der Waals surface area contributed by atoms with Gasteiger partial charge in [-0.15, -0.1) is 0 Å². The molecule has 0 aliphatic carbocycles. The summed E-state index contributed by atoms with van der Waals surface area (Å²) in [6.45, 7) is 3.50. The molecule has 0 aliphatic heterocycles. The Morgan fingerprint density at radius 2 is 2.21 bits per heavy atom. The van der Waals surface area contributed by atoms with E-state index >= 15 is 0 Å². The summed E-state index contributed by atoms with van der Waals surface area (Å²) in [5, 5.41) is 14.1. The highest BCUT2D eigenvalue weighted by atomic mass is 79.9. The van der Waals surface area contributed by atoms with Gasteiger partial charge in [0.15, 0.2) is 0 Å². The number of hydrogen-bond acceptors (Lipinski definition) is 3. The van der Waals surface area contributed by atoms with Gasteiger partial charge in [0.2, 0.25) is 0 Å². The van der Waals surface area contributed by atoms with Gasteiger partial charge in [-0.2, -0.15) is 0 Å². The van der Waals surface area contributed by atoms with E-state index in [9.17, 15) is 9.18 Å². The fourth-order valence-corrected chi connectivity index (χ4v) is 1.85. The number of nitrogens with one attached hydrogen (secondary N) is 1. The molecule has 1 rings (SSSR count). The predicted molar refractivity (Wildman–Crippen MR) is 73.6 cm³/mol. The van der Waals surface area contributed by atoms with Crippen LogP contribution in [0, 0.1) is 11.2 Å². The van der Waals surface area contributed by atoms with Crippen molar-refractivity contribution in [3.8, 4) is 0 Å². The van der Waals surface area contributed by atoms with Crippen LogP contribution in [0.5, 0.6) is 0 Å². The minimum Gasteiger partial charge on any atom is -0.409 e. The average Bonchev–Trinajstić information content (AvgIpc) is 2.35. The average molecular weight is 332 g/mol. The molecule has 5 nitrogen and oxygen atoms in total. The van der Waals surface area contributed by atoms with Crippen molar-refractivity contribution < 1.29 is 14.4 Å². The standard InChI is InChI=1S/C12H15BrFN3O2/c1-12(2,11(15)17-19)6-16-10(18)9-7(13)4-3-5-8(9)14/h3-5,19H,6H2,1-2H3,(H2,15,17)(H,16,18). The molecule has 0 saturated carbocycles. The number of hydrogen-bond donors (Lipinski definition) is 3. The molecule has 0 saturated heterocycles. The summed E-state index contributed by atoms with van der Waals surface area (Å²) in [4.78, 5) is 11.9. The van der Waals surface area contributed by atoms with Crippen LogP contribution >= 0.6 is 15.9 Å². The van der Waals surface area contributed by atoms with Gasteiger partial charge in [-0.3, -0.25) is 4.79 Å². The zero-order valence-corrected chi connectivity index (χ0v) is 12.2. The summed E-state index contributed by atoms with van der Waals surface area (Å²) in [6.07, 6.45) is 0. The third-order valence-corrected chi connectivity index (χ3v) is 3.34. The first-order chi connectivity index (χ1) is 8.79. The first kappa shape index (κ1) is 15.4. The monoisotopic (exact) mass is 331 g/mol. The molecule has 0 bridgehead atoms. The van der Waals surface area contributed by atoms with Crippen LogP contribution in [-0.2, 0) is 0 Å². The third-order valence-electron chi connectivity index (χ3n) is 2.68. The molecule has 19 heavy (non-hydrogen) atoms. The van der Waals surface area contributed by atoms with Gasteiger partial charge in [0.05, 0.1) is 5.56 Å². The van der Waals surface area contributed by atoms with Crippen molar-refractivity contribution in [2.75, 3.05) is 6.54 Å². The Morgan fingerprint density at radius 3 is 2.74 bits per heavy atom. The Balaban J connectivity index is 2.82. The van der Waals surface area contributed by atoms with Crippen LogP contribution in [0.25, 0.3) is 0 Å². The zero-order valence-electron chi connectivity index (χ0n) is 10.6. The molecule has 104 valence electrons. The second-order valence-electron chi connectivity index (χ2n) is 4.65. The van der Waals surface area contributed by atoms with Crippen molar-refractivity contribution >= 4 is 27.7 Å². The maximum absolute atomic E-state index is 13.6. The molecule has 0 fully saturated rings. The maximum Gasteiger partial charge on any atom is 0.255 e. The molecule has 0 aromatic heterocycles. The maximum atomic E-state index is 13.6. The summed E-state index contributed by atoms with van der Waals surface area (Å²) in [5.74, 6) is -1.20. The summed E-state index contributed by atoms with van der Waals surface area (Å²) in [7, 11) is 0. The van der Waals surface area contributed by atoms with E-state index < -0.39 is 17.1 Å². The van der Waals surface area contributed by atoms with Crippen molar-refractivity contribution in [3.05, 3.63) is 34.1 Å². The summed E-state index contributed by atoms with van der Waals surface area (Å²) < 4.78 is 13.9. The fraction of sp³-hybridized carbons (Fsp3) is 0.333. The van der Waals surface area contributed by atoms with Crippen LogP contribution in [0.3, 0.4) is 0 Å². The van der Waals surface area contributed by atoms with Crippen LogP contribution in [-0.4, -0.2) is 23.5 Å². The van der Waals surface area contributed by atoms with E-state index in [4.69, 9.17) is 10.9 Å². The summed E-state index contributed by atoms with van der Waals surface area (Å²) in [6, 6.07) is 4.28. The second kappa shape index (κ2) is 6.01. The number of amidine groups is 1. The van der Waals surface area contributed by atoms with E-state index in [1.165, 1.54) is 12.1 Å². The minimum absolute atomic E-state index is 0.0135. The number of halogens is 2. The number of nitrogens with zero attached hydrogens (tertiary/aromatic N) is 1. The van der Waals surface area contributed by atoms with Gasteiger partial charge in [-0.1, -0.05) is 25.1 Å². The normalized spacial score (nSPS) is 12.3. The highest BCUT2D eigenvalue weighted by Crippen LogP contribution is 2.20. The number of carbonyl (C=O) groups is 1. The Labute approximate surface area is 118 Å². The SMILES string of the molecule is CC(C)(CNC(=O)c1c(F)cccc1Br)/C(N)=N/O. The molecule has 0 spiro atoms. The molecule has 0 aliphatic rings. The van der Waals surface area contributed by atoms with Gasteiger partial charge in [-0.05, 0) is 28.1 Å². The van der Waals surface area contributed by atoms with Gasteiger partial charge in [0.1, 0.15) is 11.7 Å². The summed E-state index contributed by atoms with van der Waals surface area (Å²) >= 11 is 3.12. The van der Waals surface area contributed by atoms with Crippen molar-refractivity contribution in [2.45, 2.75) is 13.8 Å². The van der Waals surface area contributed by atoms with Gasteiger partial charge < -0.3 is 16.3 Å². The quantitative estimate of drug-likeness (QED) is 0.341. The van der Waals surface area contributed by atoms with Crippen LogP contribution in [0.1, 0.15) is 24.2 Å². The van der Waals surface area contributed by atoms with Gasteiger partial charge in [-0.25, -0.2) is 4.39 Å². The second-order valence-corrected chi connectivity index (χ2v) is 5.50. The largest absolute Gasteiger partial charge is 0.409 e. The lowest BCUT2D eigenvalue weighted by molar-refractivity contribution is 0.0939. The summed E-state index contributed by atoms with van der Waals surface area (Å²) in [5.41, 5.74) is 4.70. The van der Waals surface area contributed by atoms with Crippen LogP contribution in [0.15, 0.2) is 27.8 Å². The number of nitrogens with two attached hydrogens (primary N) is 1. The third kappa shape index (κ3) is 3.66.